The number of rotatable bonds is 6. The summed E-state index contributed by atoms with van der Waals surface area (Å²) in [7, 11) is 1.54. The van der Waals surface area contributed by atoms with E-state index in [0.29, 0.717) is 33.3 Å². The lowest BCUT2D eigenvalue weighted by Crippen LogP contribution is -2.53. The lowest BCUT2D eigenvalue weighted by atomic mass is 9.49. The number of nitrogens with one attached hydrogen (secondary N) is 1. The number of benzene rings is 4. The number of phenols is 1. The molecule has 0 aromatic heterocycles. The third kappa shape index (κ3) is 5.10. The zero-order valence-electron chi connectivity index (χ0n) is 27.1. The smallest absolute Gasteiger partial charge is 0.260 e. The van der Waals surface area contributed by atoms with Gasteiger partial charge in [0.15, 0.2) is 0 Å². The molecule has 8 rings (SSSR count). The zero-order valence-corrected chi connectivity index (χ0v) is 30.2. The summed E-state index contributed by atoms with van der Waals surface area (Å²) in [6, 6.07) is 25.4. The molecule has 6 unspecified atom stereocenters. The lowest BCUT2D eigenvalue weighted by Gasteiger charge is -2.50. The number of fused-ring (bicyclic) bond motifs is 4. The number of allylic oxidation sites excluding steroid dienone is 2. The van der Waals surface area contributed by atoms with Crippen LogP contribution >= 0.6 is 39.1 Å². The highest BCUT2D eigenvalue weighted by atomic mass is 79.9. The van der Waals surface area contributed by atoms with Crippen molar-refractivity contribution >= 4 is 74.1 Å². The molecule has 0 spiro atoms. The number of phenolic OH excluding ortho intramolecular Hbond substituents is 1. The molecule has 2 aliphatic heterocycles. The van der Waals surface area contributed by atoms with Crippen LogP contribution in [0.5, 0.6) is 11.5 Å². The number of methoxy groups -OCH3 is 1. The molecule has 3 fully saturated rings. The van der Waals surface area contributed by atoms with Crippen molar-refractivity contribution in [2.75, 3.05) is 17.4 Å². The maximum absolute atomic E-state index is 15.3. The molecule has 1 saturated carbocycles. The van der Waals surface area contributed by atoms with Crippen LogP contribution in [0, 0.1) is 23.7 Å². The van der Waals surface area contributed by atoms with Crippen LogP contribution in [-0.4, -0.2) is 40.9 Å². The Morgan fingerprint density at radius 3 is 2.31 bits per heavy atom. The minimum Gasteiger partial charge on any atom is -0.508 e. The maximum atomic E-state index is 15.3. The fourth-order valence-electron chi connectivity index (χ4n) is 8.77. The van der Waals surface area contributed by atoms with Crippen molar-refractivity contribution in [3.8, 4) is 11.5 Å². The monoisotopic (exact) mass is 785 g/mol. The zero-order chi connectivity index (χ0) is 35.8. The minimum absolute atomic E-state index is 0.0152. The summed E-state index contributed by atoms with van der Waals surface area (Å²) in [4.78, 5) is 59.8. The van der Waals surface area contributed by atoms with Gasteiger partial charge in [-0.05, 0) is 96.6 Å². The van der Waals surface area contributed by atoms with Gasteiger partial charge in [0, 0.05) is 15.4 Å². The maximum Gasteiger partial charge on any atom is 0.260 e. The van der Waals surface area contributed by atoms with Crippen molar-refractivity contribution in [3.63, 3.8) is 0 Å². The van der Waals surface area contributed by atoms with Gasteiger partial charge in [0.05, 0.1) is 46.7 Å². The molecule has 0 bridgehead atoms. The summed E-state index contributed by atoms with van der Waals surface area (Å²) in [5.74, 6) is -4.83. The van der Waals surface area contributed by atoms with E-state index in [1.807, 2.05) is 12.1 Å². The van der Waals surface area contributed by atoms with Gasteiger partial charge in [0.25, 0.3) is 11.8 Å². The van der Waals surface area contributed by atoms with Crippen molar-refractivity contribution in [1.29, 1.82) is 0 Å². The van der Waals surface area contributed by atoms with Crippen LogP contribution in [0.2, 0.25) is 10.0 Å². The normalized spacial score (nSPS) is 26.8. The fourth-order valence-corrected chi connectivity index (χ4v) is 9.48. The largest absolute Gasteiger partial charge is 0.508 e. The van der Waals surface area contributed by atoms with E-state index in [1.165, 1.54) is 11.0 Å². The van der Waals surface area contributed by atoms with E-state index in [2.05, 4.69) is 21.4 Å². The Morgan fingerprint density at radius 2 is 1.63 bits per heavy atom. The number of amides is 4. The van der Waals surface area contributed by atoms with Crippen LogP contribution in [0.4, 0.5) is 11.4 Å². The topological polar surface area (TPSA) is 116 Å². The average Bonchev–Trinajstić information content (AvgIpc) is 3.50. The number of nitrogens with zero attached hydrogens (tertiary/aromatic N) is 2. The SMILES string of the molecule is COc1ccc(C23C(=O)N(Nc4ccc(Cl)cc4Cl)C(=O)C2CC2C(=CCC4C(=O)N(c5ccc(Br)cc5)C(=O)C42)C3c2cccc(O)c2)cc1. The van der Waals surface area contributed by atoms with Crippen molar-refractivity contribution < 1.29 is 29.0 Å². The summed E-state index contributed by atoms with van der Waals surface area (Å²) >= 11 is 16.1. The molecule has 2 heterocycles. The van der Waals surface area contributed by atoms with Gasteiger partial charge in [-0.1, -0.05) is 75.0 Å². The van der Waals surface area contributed by atoms with E-state index in [0.717, 1.165) is 15.1 Å². The molecule has 4 aromatic rings. The third-order valence-corrected chi connectivity index (χ3v) is 11.9. The Balaban J connectivity index is 1.32. The van der Waals surface area contributed by atoms with E-state index in [4.69, 9.17) is 27.9 Å². The fraction of sp³-hybridized carbons (Fsp3) is 0.231. The summed E-state index contributed by atoms with van der Waals surface area (Å²) in [6.07, 6.45) is 2.37. The number of hydrogen-bond donors (Lipinski definition) is 2. The average molecular weight is 787 g/mol. The molecule has 12 heteroatoms. The summed E-state index contributed by atoms with van der Waals surface area (Å²) in [5, 5.41) is 12.4. The van der Waals surface area contributed by atoms with Crippen LogP contribution in [0.1, 0.15) is 29.9 Å². The van der Waals surface area contributed by atoms with Gasteiger partial charge in [-0.2, -0.15) is 5.01 Å². The molecule has 4 amide bonds. The molecule has 9 nitrogen and oxygen atoms in total. The molecule has 258 valence electrons. The van der Waals surface area contributed by atoms with Crippen molar-refractivity contribution in [2.45, 2.75) is 24.2 Å². The van der Waals surface area contributed by atoms with Gasteiger partial charge in [-0.15, -0.1) is 0 Å². The summed E-state index contributed by atoms with van der Waals surface area (Å²) in [5.41, 5.74) is 4.19. The Hall–Kier alpha value is -4.64. The first-order valence-electron chi connectivity index (χ1n) is 16.4. The van der Waals surface area contributed by atoms with E-state index < -0.39 is 46.8 Å². The van der Waals surface area contributed by atoms with Gasteiger partial charge >= 0.3 is 0 Å². The number of hydrogen-bond acceptors (Lipinski definition) is 7. The Kier molecular flexibility index (Phi) is 8.24. The van der Waals surface area contributed by atoms with E-state index in [-0.39, 0.29) is 35.4 Å². The van der Waals surface area contributed by atoms with Gasteiger partial charge in [0.2, 0.25) is 11.8 Å². The Morgan fingerprint density at radius 1 is 0.882 bits per heavy atom. The van der Waals surface area contributed by atoms with Crippen LogP contribution in [0.25, 0.3) is 0 Å². The molecule has 0 radical (unpaired) electrons. The van der Waals surface area contributed by atoms with E-state index >= 15 is 4.79 Å². The predicted molar refractivity (Wildman–Crippen MR) is 195 cm³/mol. The van der Waals surface area contributed by atoms with Crippen molar-refractivity contribution in [3.05, 3.63) is 128 Å². The number of hydrazine groups is 1. The molecular weight excluding hydrogens is 757 g/mol. The number of imide groups is 2. The first kappa shape index (κ1) is 33.5. The number of anilines is 2. The first-order chi connectivity index (χ1) is 24.5. The highest BCUT2D eigenvalue weighted by Gasteiger charge is 2.70. The van der Waals surface area contributed by atoms with Crippen molar-refractivity contribution in [2.24, 2.45) is 23.7 Å². The van der Waals surface area contributed by atoms with Crippen LogP contribution < -0.4 is 15.1 Å². The number of ether oxygens (including phenoxy) is 1. The lowest BCUT2D eigenvalue weighted by molar-refractivity contribution is -0.138. The second-order valence-electron chi connectivity index (χ2n) is 13.3. The molecular formula is C39H30BrCl2N3O6. The Bertz CT molecular complexity index is 2160. The highest BCUT2D eigenvalue weighted by Crippen LogP contribution is 2.64. The van der Waals surface area contributed by atoms with Crippen LogP contribution in [-0.2, 0) is 24.6 Å². The van der Waals surface area contributed by atoms with Crippen molar-refractivity contribution in [1.82, 2.24) is 5.01 Å². The van der Waals surface area contributed by atoms with Gasteiger partial charge in [-0.25, -0.2) is 0 Å². The standard InChI is InChI=1S/C39H30BrCl2N3O6/c1-51-26-12-5-21(6-13-26)39-30(36(48)45(38(39)50)43-32-16-9-23(41)18-31(32)42)19-29-27(34(39)20-3-2-4-25(46)17-20)14-15-28-33(29)37(49)44(35(28)47)24-10-7-22(40)8-11-24/h2-14,16-18,28-30,33-34,43,46H,15,19H2,1H3. The molecule has 4 aliphatic rings. The third-order valence-electron chi connectivity index (χ3n) is 10.9. The van der Waals surface area contributed by atoms with Gasteiger partial charge in [0.1, 0.15) is 11.5 Å². The van der Waals surface area contributed by atoms with Crippen LogP contribution in [0.3, 0.4) is 0 Å². The number of carbonyl (C=O) groups excluding carboxylic acids is 4. The second-order valence-corrected chi connectivity index (χ2v) is 15.1. The molecule has 6 atom stereocenters. The highest BCUT2D eigenvalue weighted by molar-refractivity contribution is 9.10. The molecule has 2 saturated heterocycles. The second kappa shape index (κ2) is 12.5. The van der Waals surface area contributed by atoms with Gasteiger partial charge in [-0.3, -0.25) is 29.5 Å². The number of aromatic hydroxyl groups is 1. The predicted octanol–water partition coefficient (Wildman–Crippen LogP) is 7.66. The molecule has 2 aliphatic carbocycles. The minimum atomic E-state index is -1.52. The summed E-state index contributed by atoms with van der Waals surface area (Å²) < 4.78 is 6.26. The number of carbonyl (C=O) groups is 4. The van der Waals surface area contributed by atoms with E-state index in [1.54, 1.807) is 86.0 Å². The quantitative estimate of drug-likeness (QED) is 0.152. The molecule has 2 N–H and O–H groups in total. The number of halogens is 3. The Labute approximate surface area is 311 Å². The molecule has 51 heavy (non-hydrogen) atoms. The van der Waals surface area contributed by atoms with Gasteiger partial charge < -0.3 is 9.84 Å². The van der Waals surface area contributed by atoms with E-state index in [9.17, 15) is 19.5 Å². The summed E-state index contributed by atoms with van der Waals surface area (Å²) in [6.45, 7) is 0. The first-order valence-corrected chi connectivity index (χ1v) is 18.0. The van der Waals surface area contributed by atoms with Crippen LogP contribution in [0.15, 0.2) is 107 Å². The molecule has 4 aromatic carbocycles.